The lowest BCUT2D eigenvalue weighted by Gasteiger charge is -2.39. The molecule has 0 saturated heterocycles. The Morgan fingerprint density at radius 2 is 1.92 bits per heavy atom. The number of nitriles is 1. The Morgan fingerprint density at radius 1 is 1.31 bits per heavy atom. The van der Waals surface area contributed by atoms with Gasteiger partial charge in [0.25, 0.3) is 0 Å². The van der Waals surface area contributed by atoms with Crippen LogP contribution in [0.25, 0.3) is 0 Å². The molecule has 1 fully saturated rings. The lowest BCUT2D eigenvalue weighted by Crippen LogP contribution is -2.35. The largest absolute Gasteiger partial charge is 0.393 e. The van der Waals surface area contributed by atoms with Crippen LogP contribution in [0.3, 0.4) is 0 Å². The number of hydrogen-bond donors (Lipinski definition) is 1. The van der Waals surface area contributed by atoms with Gasteiger partial charge in [-0.15, -0.1) is 0 Å². The molecular weight excluding hydrogens is 162 g/mol. The summed E-state index contributed by atoms with van der Waals surface area (Å²) in [4.78, 5) is 0. The van der Waals surface area contributed by atoms with E-state index in [2.05, 4.69) is 26.8 Å². The molecule has 0 aliphatic heterocycles. The molecular formula is C11H19NO. The lowest BCUT2D eigenvalue weighted by atomic mass is 9.66. The Morgan fingerprint density at radius 3 is 2.38 bits per heavy atom. The highest BCUT2D eigenvalue weighted by molar-refractivity contribution is 4.96. The number of aliphatic hydroxyl groups excluding tert-OH is 1. The van der Waals surface area contributed by atoms with E-state index in [4.69, 9.17) is 5.26 Å². The number of hydrogen-bond acceptors (Lipinski definition) is 2. The zero-order valence-corrected chi connectivity index (χ0v) is 8.75. The normalized spacial score (nSPS) is 35.5. The minimum atomic E-state index is -0.186. The molecule has 0 aromatic carbocycles. The van der Waals surface area contributed by atoms with Crippen molar-refractivity contribution in [3.63, 3.8) is 0 Å². The van der Waals surface area contributed by atoms with Crippen LogP contribution in [0.4, 0.5) is 0 Å². The Bertz CT molecular complexity index is 211. The highest BCUT2D eigenvalue weighted by atomic mass is 16.3. The number of nitrogens with zero attached hydrogens (tertiary/aromatic N) is 1. The van der Waals surface area contributed by atoms with E-state index in [1.807, 2.05) is 0 Å². The smallest absolute Gasteiger partial charge is 0.0658 e. The fraction of sp³-hybridized carbons (Fsp3) is 0.909. The summed E-state index contributed by atoms with van der Waals surface area (Å²) in [6.07, 6.45) is 2.26. The van der Waals surface area contributed by atoms with Gasteiger partial charge < -0.3 is 5.11 Å². The second-order valence-corrected chi connectivity index (χ2v) is 5.17. The molecule has 1 N–H and O–H groups in total. The third-order valence-electron chi connectivity index (χ3n) is 3.10. The fourth-order valence-electron chi connectivity index (χ4n) is 2.26. The van der Waals surface area contributed by atoms with E-state index in [0.29, 0.717) is 5.92 Å². The average molecular weight is 181 g/mol. The van der Waals surface area contributed by atoms with Crippen LogP contribution in [0.5, 0.6) is 0 Å². The van der Waals surface area contributed by atoms with E-state index in [1.54, 1.807) is 0 Å². The van der Waals surface area contributed by atoms with Crippen molar-refractivity contribution >= 4 is 0 Å². The molecule has 3 atom stereocenters. The van der Waals surface area contributed by atoms with Crippen molar-refractivity contribution in [1.29, 1.82) is 5.26 Å². The maximum absolute atomic E-state index is 9.55. The molecule has 1 aliphatic rings. The average Bonchev–Trinajstić information content (AvgIpc) is 2.03. The van der Waals surface area contributed by atoms with Crippen LogP contribution >= 0.6 is 0 Å². The van der Waals surface area contributed by atoms with Crippen LogP contribution in [0.15, 0.2) is 0 Å². The summed E-state index contributed by atoms with van der Waals surface area (Å²) in [6, 6.07) is 2.37. The van der Waals surface area contributed by atoms with Gasteiger partial charge in [-0.3, -0.25) is 0 Å². The van der Waals surface area contributed by atoms with Crippen molar-refractivity contribution in [3.8, 4) is 6.07 Å². The molecule has 0 heterocycles. The summed E-state index contributed by atoms with van der Waals surface area (Å²) in [5.41, 5.74) is 0.141. The summed E-state index contributed by atoms with van der Waals surface area (Å²) in [5.74, 6) is 0.490. The summed E-state index contributed by atoms with van der Waals surface area (Å²) in [5, 5.41) is 18.5. The first kappa shape index (κ1) is 10.5. The first-order valence-electron chi connectivity index (χ1n) is 5.03. The van der Waals surface area contributed by atoms with Crippen LogP contribution < -0.4 is 0 Å². The van der Waals surface area contributed by atoms with Gasteiger partial charge in [-0.2, -0.15) is 5.26 Å². The maximum atomic E-state index is 9.55. The monoisotopic (exact) mass is 181 g/mol. The summed E-state index contributed by atoms with van der Waals surface area (Å²) >= 11 is 0. The molecule has 0 unspecified atom stereocenters. The summed E-state index contributed by atoms with van der Waals surface area (Å²) < 4.78 is 0. The van der Waals surface area contributed by atoms with Crippen LogP contribution in [-0.2, 0) is 0 Å². The molecule has 1 rings (SSSR count). The first-order chi connectivity index (χ1) is 5.95. The minimum absolute atomic E-state index is 0.141. The van der Waals surface area contributed by atoms with E-state index in [9.17, 15) is 5.11 Å². The number of rotatable bonds is 0. The molecule has 0 spiro atoms. The molecule has 0 bridgehead atoms. The quantitative estimate of drug-likeness (QED) is 0.623. The molecule has 1 aliphatic carbocycles. The van der Waals surface area contributed by atoms with E-state index in [0.717, 1.165) is 19.3 Å². The van der Waals surface area contributed by atoms with Gasteiger partial charge in [0, 0.05) is 5.92 Å². The first-order valence-corrected chi connectivity index (χ1v) is 5.03. The van der Waals surface area contributed by atoms with Crippen LogP contribution in [0.1, 0.15) is 40.0 Å². The van der Waals surface area contributed by atoms with Crippen molar-refractivity contribution < 1.29 is 5.11 Å². The summed E-state index contributed by atoms with van der Waals surface area (Å²) in [7, 11) is 0. The van der Waals surface area contributed by atoms with Crippen LogP contribution in [0, 0.1) is 28.6 Å². The third kappa shape index (κ3) is 2.45. The molecule has 2 nitrogen and oxygen atoms in total. The molecule has 74 valence electrons. The van der Waals surface area contributed by atoms with Crippen molar-refractivity contribution in [1.82, 2.24) is 0 Å². The minimum Gasteiger partial charge on any atom is -0.393 e. The Hall–Kier alpha value is -0.550. The molecule has 0 radical (unpaired) electrons. The van der Waals surface area contributed by atoms with Crippen molar-refractivity contribution in [2.24, 2.45) is 17.3 Å². The Balaban J connectivity index is 2.73. The zero-order chi connectivity index (χ0) is 10.1. The molecule has 0 aromatic heterocycles. The molecule has 0 amide bonds. The van der Waals surface area contributed by atoms with E-state index in [-0.39, 0.29) is 17.4 Å². The highest BCUT2D eigenvalue weighted by Crippen LogP contribution is 2.41. The van der Waals surface area contributed by atoms with Crippen molar-refractivity contribution in [2.45, 2.75) is 46.1 Å². The predicted octanol–water partition coefficient (Wildman–Crippen LogP) is 2.33. The fourth-order valence-corrected chi connectivity index (χ4v) is 2.26. The standard InChI is InChI=1S/C11H19NO/c1-11(2,3)10-6-9(13)5-4-8(10)7-12/h8-10,13H,4-6H2,1-3H3/t8-,9-,10+/m0/s1. The second-order valence-electron chi connectivity index (χ2n) is 5.17. The topological polar surface area (TPSA) is 44.0 Å². The van der Waals surface area contributed by atoms with Gasteiger partial charge in [-0.05, 0) is 30.6 Å². The van der Waals surface area contributed by atoms with Gasteiger partial charge in [0.05, 0.1) is 12.2 Å². The van der Waals surface area contributed by atoms with E-state index in [1.165, 1.54) is 0 Å². The SMILES string of the molecule is CC(C)(C)[C@@H]1C[C@@H](O)CC[C@H]1C#N. The molecule has 2 heteroatoms. The van der Waals surface area contributed by atoms with Crippen LogP contribution in [-0.4, -0.2) is 11.2 Å². The Labute approximate surface area is 80.6 Å². The van der Waals surface area contributed by atoms with Crippen LogP contribution in [0.2, 0.25) is 0 Å². The maximum Gasteiger partial charge on any atom is 0.0658 e. The third-order valence-corrected chi connectivity index (χ3v) is 3.10. The van der Waals surface area contributed by atoms with Gasteiger partial charge in [0.15, 0.2) is 0 Å². The van der Waals surface area contributed by atoms with Crippen molar-refractivity contribution in [3.05, 3.63) is 0 Å². The summed E-state index contributed by atoms with van der Waals surface area (Å²) in [6.45, 7) is 6.46. The van der Waals surface area contributed by atoms with Gasteiger partial charge >= 0.3 is 0 Å². The predicted molar refractivity (Wildman–Crippen MR) is 51.9 cm³/mol. The lowest BCUT2D eigenvalue weighted by molar-refractivity contribution is 0.0364. The van der Waals surface area contributed by atoms with E-state index >= 15 is 0 Å². The number of aliphatic hydroxyl groups is 1. The van der Waals surface area contributed by atoms with Gasteiger partial charge in [-0.25, -0.2) is 0 Å². The molecule has 0 aromatic rings. The molecule has 1 saturated carbocycles. The molecule has 13 heavy (non-hydrogen) atoms. The van der Waals surface area contributed by atoms with Crippen molar-refractivity contribution in [2.75, 3.05) is 0 Å². The van der Waals surface area contributed by atoms with Gasteiger partial charge in [0.1, 0.15) is 0 Å². The van der Waals surface area contributed by atoms with Gasteiger partial charge in [-0.1, -0.05) is 20.8 Å². The zero-order valence-electron chi connectivity index (χ0n) is 8.75. The van der Waals surface area contributed by atoms with Gasteiger partial charge in [0.2, 0.25) is 0 Å². The Kier molecular flexibility index (Phi) is 2.98. The highest BCUT2D eigenvalue weighted by Gasteiger charge is 2.37. The second kappa shape index (κ2) is 3.67. The van der Waals surface area contributed by atoms with E-state index < -0.39 is 0 Å².